The summed E-state index contributed by atoms with van der Waals surface area (Å²) in [5, 5.41) is 11.7. The van der Waals surface area contributed by atoms with Crippen LogP contribution in [0.3, 0.4) is 0 Å². The van der Waals surface area contributed by atoms with Crippen molar-refractivity contribution in [1.82, 2.24) is 0 Å². The van der Waals surface area contributed by atoms with Gasteiger partial charge in [0.1, 0.15) is 22.3 Å². The van der Waals surface area contributed by atoms with E-state index >= 15 is 0 Å². The molecule has 0 atom stereocenters. The van der Waals surface area contributed by atoms with E-state index in [1.807, 2.05) is 24.3 Å². The van der Waals surface area contributed by atoms with E-state index in [9.17, 15) is 0 Å². The van der Waals surface area contributed by atoms with Crippen molar-refractivity contribution in [2.24, 2.45) is 0 Å². The van der Waals surface area contributed by atoms with Crippen molar-refractivity contribution in [3.63, 3.8) is 0 Å². The van der Waals surface area contributed by atoms with Gasteiger partial charge in [-0.3, -0.25) is 0 Å². The quantitative estimate of drug-likeness (QED) is 0.180. The van der Waals surface area contributed by atoms with Crippen molar-refractivity contribution in [3.05, 3.63) is 170 Å². The number of para-hydroxylation sites is 1. The second-order valence-corrected chi connectivity index (χ2v) is 13.1. The molecule has 2 heteroatoms. The van der Waals surface area contributed by atoms with E-state index in [0.717, 1.165) is 49.3 Å². The Hall–Kier alpha value is -6.64. The van der Waals surface area contributed by atoms with Gasteiger partial charge in [-0.05, 0) is 90.6 Å². The zero-order valence-electron chi connectivity index (χ0n) is 27.0. The van der Waals surface area contributed by atoms with Gasteiger partial charge in [-0.15, -0.1) is 0 Å². The molecule has 2 aromatic heterocycles. The summed E-state index contributed by atoms with van der Waals surface area (Å²) in [6.45, 7) is 0. The number of furan rings is 2. The van der Waals surface area contributed by atoms with Gasteiger partial charge in [0.2, 0.25) is 0 Å². The fraction of sp³-hybridized carbons (Fsp3) is 0. The van der Waals surface area contributed by atoms with Gasteiger partial charge >= 0.3 is 0 Å². The largest absolute Gasteiger partial charge is 0.456 e. The molecule has 232 valence electrons. The zero-order chi connectivity index (χ0) is 32.8. The Balaban J connectivity index is 1.21. The monoisotopic (exact) mass is 636 g/mol. The number of hydrogen-bond donors (Lipinski definition) is 0. The third kappa shape index (κ3) is 3.85. The van der Waals surface area contributed by atoms with Gasteiger partial charge in [-0.2, -0.15) is 0 Å². The third-order valence-corrected chi connectivity index (χ3v) is 10.4. The molecule has 50 heavy (non-hydrogen) atoms. The summed E-state index contributed by atoms with van der Waals surface area (Å²) in [5.41, 5.74) is 10.8. The van der Waals surface area contributed by atoms with E-state index in [1.54, 1.807) is 0 Å². The second kappa shape index (κ2) is 10.4. The maximum absolute atomic E-state index is 6.68. The summed E-state index contributed by atoms with van der Waals surface area (Å²) >= 11 is 0. The maximum Gasteiger partial charge on any atom is 0.143 e. The van der Waals surface area contributed by atoms with Gasteiger partial charge in [0.15, 0.2) is 0 Å². The molecule has 0 fully saturated rings. The average Bonchev–Trinajstić information content (AvgIpc) is 3.75. The standard InChI is InChI=1S/C48H28O2/c1-2-13-29(14-3-1)44-33-18-5-7-20-35(33)45(36-21-8-6-19-34(36)44)31-16-12-15-30(27-31)39-28-40-47-43(50-48(40)37-22-9-4-17-32(37)39)26-25-42-46(47)38-23-10-11-24-41(38)49-42/h1-28H. The molecule has 0 aliphatic rings. The first-order valence-corrected chi connectivity index (χ1v) is 17.1. The predicted octanol–water partition coefficient (Wildman–Crippen LogP) is 13.9. The Morgan fingerprint density at radius 3 is 1.48 bits per heavy atom. The van der Waals surface area contributed by atoms with Crippen LogP contribution in [0.1, 0.15) is 0 Å². The molecule has 0 bridgehead atoms. The van der Waals surface area contributed by atoms with Crippen LogP contribution in [0.15, 0.2) is 179 Å². The van der Waals surface area contributed by atoms with Gasteiger partial charge < -0.3 is 8.83 Å². The summed E-state index contributed by atoms with van der Waals surface area (Å²) in [6.07, 6.45) is 0. The Morgan fingerprint density at radius 1 is 0.280 bits per heavy atom. The minimum absolute atomic E-state index is 0.867. The van der Waals surface area contributed by atoms with Crippen molar-refractivity contribution in [2.45, 2.75) is 0 Å². The van der Waals surface area contributed by atoms with E-state index in [0.29, 0.717) is 0 Å². The molecule has 0 N–H and O–H groups in total. The highest BCUT2D eigenvalue weighted by molar-refractivity contribution is 6.29. The zero-order valence-corrected chi connectivity index (χ0v) is 27.0. The van der Waals surface area contributed by atoms with E-state index in [2.05, 4.69) is 146 Å². The van der Waals surface area contributed by atoms with Crippen LogP contribution < -0.4 is 0 Å². The molecule has 0 saturated heterocycles. The molecule has 11 rings (SSSR count). The number of hydrogen-bond acceptors (Lipinski definition) is 2. The minimum Gasteiger partial charge on any atom is -0.456 e. The molecule has 0 spiro atoms. The van der Waals surface area contributed by atoms with Gasteiger partial charge in [0, 0.05) is 26.9 Å². The Kier molecular flexibility index (Phi) is 5.70. The summed E-state index contributed by atoms with van der Waals surface area (Å²) in [5.74, 6) is 0. The smallest absolute Gasteiger partial charge is 0.143 e. The molecular weight excluding hydrogens is 609 g/mol. The van der Waals surface area contributed by atoms with Crippen LogP contribution in [-0.4, -0.2) is 0 Å². The summed E-state index contributed by atoms with van der Waals surface area (Å²) < 4.78 is 13.0. The lowest BCUT2D eigenvalue weighted by Gasteiger charge is -2.18. The Bertz CT molecular complexity index is 3080. The van der Waals surface area contributed by atoms with Crippen LogP contribution in [-0.2, 0) is 0 Å². The van der Waals surface area contributed by atoms with Crippen LogP contribution in [0, 0.1) is 0 Å². The van der Waals surface area contributed by atoms with Crippen molar-refractivity contribution < 1.29 is 8.83 Å². The van der Waals surface area contributed by atoms with E-state index < -0.39 is 0 Å². The van der Waals surface area contributed by atoms with E-state index in [4.69, 9.17) is 8.83 Å². The van der Waals surface area contributed by atoms with Crippen molar-refractivity contribution in [3.8, 4) is 33.4 Å². The van der Waals surface area contributed by atoms with Crippen LogP contribution in [0.25, 0.3) is 110 Å². The average molecular weight is 637 g/mol. The Morgan fingerprint density at radius 2 is 0.780 bits per heavy atom. The first kappa shape index (κ1) is 27.3. The normalized spacial score (nSPS) is 12.0. The van der Waals surface area contributed by atoms with E-state index in [1.165, 1.54) is 60.3 Å². The number of fused-ring (bicyclic) bond motifs is 11. The number of rotatable bonds is 3. The highest BCUT2D eigenvalue weighted by Gasteiger charge is 2.21. The first-order valence-electron chi connectivity index (χ1n) is 17.1. The summed E-state index contributed by atoms with van der Waals surface area (Å²) in [4.78, 5) is 0. The van der Waals surface area contributed by atoms with Crippen molar-refractivity contribution in [1.29, 1.82) is 0 Å². The van der Waals surface area contributed by atoms with Gasteiger partial charge in [-0.25, -0.2) is 0 Å². The minimum atomic E-state index is 0.867. The fourth-order valence-electron chi connectivity index (χ4n) is 8.34. The summed E-state index contributed by atoms with van der Waals surface area (Å²) in [6, 6.07) is 60.9. The highest BCUT2D eigenvalue weighted by Crippen LogP contribution is 2.47. The SMILES string of the molecule is c1ccc(-c2c3ccccc3c(-c3cccc(-c4cc5c(oc6ccc7oc8ccccc8c7c65)c5ccccc45)c3)c3ccccc23)cc1. The molecule has 0 amide bonds. The molecule has 0 radical (unpaired) electrons. The van der Waals surface area contributed by atoms with Crippen LogP contribution in [0.5, 0.6) is 0 Å². The van der Waals surface area contributed by atoms with Crippen LogP contribution in [0.2, 0.25) is 0 Å². The molecule has 9 aromatic carbocycles. The second-order valence-electron chi connectivity index (χ2n) is 13.1. The summed E-state index contributed by atoms with van der Waals surface area (Å²) in [7, 11) is 0. The predicted molar refractivity (Wildman–Crippen MR) is 210 cm³/mol. The topological polar surface area (TPSA) is 26.3 Å². The number of benzene rings is 9. The van der Waals surface area contributed by atoms with Crippen molar-refractivity contribution in [2.75, 3.05) is 0 Å². The molecule has 0 aliphatic heterocycles. The highest BCUT2D eigenvalue weighted by atomic mass is 16.3. The maximum atomic E-state index is 6.68. The lowest BCUT2D eigenvalue weighted by molar-refractivity contribution is 0.664. The lowest BCUT2D eigenvalue weighted by atomic mass is 9.85. The van der Waals surface area contributed by atoms with Gasteiger partial charge in [0.25, 0.3) is 0 Å². The molecule has 0 aliphatic carbocycles. The fourth-order valence-corrected chi connectivity index (χ4v) is 8.34. The van der Waals surface area contributed by atoms with Gasteiger partial charge in [-0.1, -0.05) is 140 Å². The molecule has 0 saturated carbocycles. The molecule has 2 heterocycles. The van der Waals surface area contributed by atoms with Crippen molar-refractivity contribution >= 4 is 76.2 Å². The van der Waals surface area contributed by atoms with Crippen LogP contribution in [0.4, 0.5) is 0 Å². The first-order chi connectivity index (χ1) is 24.8. The van der Waals surface area contributed by atoms with E-state index in [-0.39, 0.29) is 0 Å². The molecule has 11 aromatic rings. The molecular formula is C48H28O2. The molecule has 0 unspecified atom stereocenters. The van der Waals surface area contributed by atoms with Gasteiger partial charge in [0.05, 0.1) is 0 Å². The molecule has 2 nitrogen and oxygen atoms in total. The lowest BCUT2D eigenvalue weighted by Crippen LogP contribution is -1.91. The Labute approximate surface area is 287 Å². The third-order valence-electron chi connectivity index (χ3n) is 10.4. The van der Waals surface area contributed by atoms with Crippen LogP contribution >= 0.6 is 0 Å².